The molecule has 0 bridgehead atoms. The van der Waals surface area contributed by atoms with E-state index in [1.165, 1.54) is 0 Å². The van der Waals surface area contributed by atoms with Crippen LogP contribution < -0.4 is 4.57 Å². The lowest BCUT2D eigenvalue weighted by molar-refractivity contribution is -0.654. The van der Waals surface area contributed by atoms with Gasteiger partial charge in [0.1, 0.15) is 5.52 Å². The molecule has 3 rings (SSSR count). The van der Waals surface area contributed by atoms with Gasteiger partial charge in [-0.1, -0.05) is 17.1 Å². The maximum Gasteiger partial charge on any atom is 0.322 e. The summed E-state index contributed by atoms with van der Waals surface area (Å²) in [5.41, 5.74) is 3.74. The van der Waals surface area contributed by atoms with E-state index < -0.39 is 0 Å². The van der Waals surface area contributed by atoms with Crippen LogP contribution in [0.3, 0.4) is 0 Å². The Labute approximate surface area is 93.2 Å². The highest BCUT2D eigenvalue weighted by Gasteiger charge is 2.19. The van der Waals surface area contributed by atoms with Crippen LogP contribution >= 0.6 is 0 Å². The molecule has 0 radical (unpaired) electrons. The molecule has 0 unspecified atom stereocenters. The van der Waals surface area contributed by atoms with Crippen molar-refractivity contribution in [1.82, 2.24) is 14.5 Å². The molecular weight excluding hydrogens is 200 g/mol. The predicted molar refractivity (Wildman–Crippen MR) is 61.9 cm³/mol. The molecule has 0 fully saturated rings. The van der Waals surface area contributed by atoms with Gasteiger partial charge < -0.3 is 0 Å². The number of benzene rings is 1. The quantitative estimate of drug-likeness (QED) is 0.527. The zero-order valence-electron chi connectivity index (χ0n) is 9.60. The molecule has 2 heterocycles. The summed E-state index contributed by atoms with van der Waals surface area (Å²) < 4.78 is 4.13. The number of nitrogens with zero attached hydrogens (tertiary/aromatic N) is 4. The summed E-state index contributed by atoms with van der Waals surface area (Å²) in [5.74, 6) is 1.14. The third-order valence-corrected chi connectivity index (χ3v) is 3.14. The van der Waals surface area contributed by atoms with Gasteiger partial charge in [-0.15, -0.1) is 0 Å². The molecule has 16 heavy (non-hydrogen) atoms. The SMILES string of the molecule is Cc1n(C)c2nc3ccccc3nc2[n+]1C. The fraction of sp³-hybridized carbons (Fsp3) is 0.250. The summed E-state index contributed by atoms with van der Waals surface area (Å²) in [5, 5.41) is 0. The second-order valence-corrected chi connectivity index (χ2v) is 4.02. The number of imidazole rings is 1. The zero-order valence-corrected chi connectivity index (χ0v) is 9.60. The average molecular weight is 213 g/mol. The molecule has 3 aromatic rings. The van der Waals surface area contributed by atoms with Crippen LogP contribution in [-0.4, -0.2) is 14.5 Å². The van der Waals surface area contributed by atoms with Crippen molar-refractivity contribution in [2.45, 2.75) is 6.92 Å². The van der Waals surface area contributed by atoms with E-state index in [2.05, 4.69) is 26.0 Å². The first kappa shape index (κ1) is 9.27. The Hall–Kier alpha value is -1.97. The van der Waals surface area contributed by atoms with Gasteiger partial charge in [0, 0.05) is 6.92 Å². The molecule has 0 saturated heterocycles. The van der Waals surface area contributed by atoms with Crippen molar-refractivity contribution in [3.63, 3.8) is 0 Å². The van der Waals surface area contributed by atoms with Gasteiger partial charge in [-0.05, 0) is 12.1 Å². The topological polar surface area (TPSA) is 34.6 Å². The van der Waals surface area contributed by atoms with E-state index in [-0.39, 0.29) is 0 Å². The van der Waals surface area contributed by atoms with Crippen molar-refractivity contribution in [2.75, 3.05) is 0 Å². The first-order valence-electron chi connectivity index (χ1n) is 5.26. The molecule has 0 aliphatic heterocycles. The van der Waals surface area contributed by atoms with E-state index in [1.54, 1.807) is 0 Å². The zero-order chi connectivity index (χ0) is 11.3. The fourth-order valence-electron chi connectivity index (χ4n) is 1.96. The molecule has 0 aliphatic rings. The normalized spacial score (nSPS) is 11.4. The smallest absolute Gasteiger partial charge is 0.245 e. The van der Waals surface area contributed by atoms with Crippen molar-refractivity contribution in [1.29, 1.82) is 0 Å². The largest absolute Gasteiger partial charge is 0.322 e. The monoisotopic (exact) mass is 213 g/mol. The van der Waals surface area contributed by atoms with Crippen molar-refractivity contribution in [2.24, 2.45) is 14.1 Å². The lowest BCUT2D eigenvalue weighted by Gasteiger charge is -1.92. The van der Waals surface area contributed by atoms with Gasteiger partial charge >= 0.3 is 5.65 Å². The lowest BCUT2D eigenvalue weighted by atomic mass is 10.3. The highest BCUT2D eigenvalue weighted by Crippen LogP contribution is 2.14. The Morgan fingerprint density at radius 1 is 1.12 bits per heavy atom. The molecule has 0 amide bonds. The molecular formula is C12H13N4+. The highest BCUT2D eigenvalue weighted by molar-refractivity contribution is 5.81. The van der Waals surface area contributed by atoms with E-state index in [9.17, 15) is 0 Å². The molecule has 0 spiro atoms. The average Bonchev–Trinajstić information content (AvgIpc) is 2.52. The molecule has 0 atom stereocenters. The number of rotatable bonds is 0. The molecule has 4 nitrogen and oxygen atoms in total. The number of para-hydroxylation sites is 2. The number of aryl methyl sites for hydroxylation is 2. The van der Waals surface area contributed by atoms with Gasteiger partial charge in [0.25, 0.3) is 5.65 Å². The molecule has 0 N–H and O–H groups in total. The van der Waals surface area contributed by atoms with Crippen LogP contribution in [0.2, 0.25) is 0 Å². The van der Waals surface area contributed by atoms with Crippen molar-refractivity contribution < 1.29 is 4.57 Å². The summed E-state index contributed by atoms with van der Waals surface area (Å²) in [4.78, 5) is 9.28. The summed E-state index contributed by atoms with van der Waals surface area (Å²) in [6.45, 7) is 2.06. The van der Waals surface area contributed by atoms with Gasteiger partial charge in [-0.25, -0.2) is 14.1 Å². The predicted octanol–water partition coefficient (Wildman–Crippen LogP) is 1.25. The van der Waals surface area contributed by atoms with Gasteiger partial charge in [0.2, 0.25) is 5.82 Å². The minimum atomic E-state index is 0.929. The van der Waals surface area contributed by atoms with Gasteiger partial charge in [0.15, 0.2) is 5.52 Å². The molecule has 2 aromatic heterocycles. The van der Waals surface area contributed by atoms with Crippen LogP contribution in [0.25, 0.3) is 22.3 Å². The first-order chi connectivity index (χ1) is 7.68. The Balaban J connectivity index is 2.56. The van der Waals surface area contributed by atoms with Crippen LogP contribution in [0.5, 0.6) is 0 Å². The summed E-state index contributed by atoms with van der Waals surface area (Å²) >= 11 is 0. The minimum Gasteiger partial charge on any atom is -0.245 e. The van der Waals surface area contributed by atoms with E-state index in [0.29, 0.717) is 0 Å². The second-order valence-electron chi connectivity index (χ2n) is 4.02. The van der Waals surface area contributed by atoms with Crippen LogP contribution in [0.4, 0.5) is 0 Å². The van der Waals surface area contributed by atoms with E-state index >= 15 is 0 Å². The summed E-state index contributed by atoms with van der Waals surface area (Å²) in [7, 11) is 4.03. The van der Waals surface area contributed by atoms with Crippen LogP contribution in [0, 0.1) is 6.92 Å². The number of aromatic nitrogens is 4. The van der Waals surface area contributed by atoms with E-state index in [1.807, 2.05) is 38.4 Å². The van der Waals surface area contributed by atoms with E-state index in [4.69, 9.17) is 0 Å². The lowest BCUT2D eigenvalue weighted by Crippen LogP contribution is -2.31. The Kier molecular flexibility index (Phi) is 1.74. The minimum absolute atomic E-state index is 0.929. The van der Waals surface area contributed by atoms with Crippen molar-refractivity contribution in [3.8, 4) is 0 Å². The number of hydrogen-bond acceptors (Lipinski definition) is 2. The van der Waals surface area contributed by atoms with Crippen molar-refractivity contribution >= 4 is 22.3 Å². The van der Waals surface area contributed by atoms with Gasteiger partial charge in [0.05, 0.1) is 14.1 Å². The van der Waals surface area contributed by atoms with Crippen LogP contribution in [-0.2, 0) is 14.1 Å². The van der Waals surface area contributed by atoms with Crippen molar-refractivity contribution in [3.05, 3.63) is 30.1 Å². The van der Waals surface area contributed by atoms with Gasteiger partial charge in [-0.3, -0.25) is 0 Å². The molecule has 4 heteroatoms. The van der Waals surface area contributed by atoms with Crippen LogP contribution in [0.1, 0.15) is 5.82 Å². The third-order valence-electron chi connectivity index (χ3n) is 3.14. The summed E-state index contributed by atoms with van der Waals surface area (Å²) in [6.07, 6.45) is 0. The van der Waals surface area contributed by atoms with E-state index in [0.717, 1.165) is 28.2 Å². The maximum atomic E-state index is 4.64. The highest BCUT2D eigenvalue weighted by atomic mass is 15.2. The molecule has 80 valence electrons. The maximum absolute atomic E-state index is 4.64. The Bertz CT molecular complexity index is 638. The fourth-order valence-corrected chi connectivity index (χ4v) is 1.96. The van der Waals surface area contributed by atoms with Gasteiger partial charge in [-0.2, -0.15) is 0 Å². The molecule has 1 aromatic carbocycles. The summed E-state index contributed by atoms with van der Waals surface area (Å²) in [6, 6.07) is 7.95. The Morgan fingerprint density at radius 3 is 2.44 bits per heavy atom. The standard InChI is InChI=1S/C12H13N4/c1-8-15(2)11-12(16(8)3)14-10-7-5-4-6-9(10)13-11/h4-7H,1-3H3/q+1. The van der Waals surface area contributed by atoms with Crippen LogP contribution in [0.15, 0.2) is 24.3 Å². The third kappa shape index (κ3) is 1.07. The number of fused-ring (bicyclic) bond motifs is 2. The molecule has 0 saturated carbocycles. The second kappa shape index (κ2) is 3.01. The first-order valence-corrected chi connectivity index (χ1v) is 5.26. The number of hydrogen-bond donors (Lipinski definition) is 0. The Morgan fingerprint density at radius 2 is 1.75 bits per heavy atom. The molecule has 0 aliphatic carbocycles.